The Morgan fingerprint density at radius 1 is 0.545 bits per heavy atom. The molecule has 0 saturated heterocycles. The summed E-state index contributed by atoms with van der Waals surface area (Å²) in [5.74, 6) is 0. The van der Waals surface area contributed by atoms with E-state index in [1.54, 1.807) is 11.1 Å². The molecule has 3 aliphatic carbocycles. The quantitative estimate of drug-likeness (QED) is 0.186. The average Bonchev–Trinajstić information content (AvgIpc) is 3.45. The summed E-state index contributed by atoms with van der Waals surface area (Å²) in [7, 11) is 0. The number of aryl methyl sites for hydroxylation is 2. The standard InChI is InChI=1S/C53H68BN/c1-32-17-18-35(48(3,4)5)28-43(32)54-46-33(2)25-36(49(6,7)8)29-45(46)55(37-19-20-39-41(30-37)52(13,14)22-21-50(39,9)10)44-27-34-26-40-42(31-38(34)47(44)54)53(15,16)24-23-51(40,11)12/h17-20,25-26,28-31H,21-24,27H2,1-16H3. The van der Waals surface area contributed by atoms with E-state index >= 15 is 0 Å². The van der Waals surface area contributed by atoms with Crippen LogP contribution < -0.4 is 15.8 Å². The number of allylic oxidation sites excluding steroid dienone is 1. The summed E-state index contributed by atoms with van der Waals surface area (Å²) in [6.07, 6.45) is 5.84. The number of hydrogen-bond acceptors (Lipinski definition) is 1. The van der Waals surface area contributed by atoms with E-state index in [-0.39, 0.29) is 39.2 Å². The molecule has 0 spiro atoms. The number of hydrogen-bond donors (Lipinski definition) is 0. The minimum atomic E-state index is 0.0222. The molecule has 2 heteroatoms. The van der Waals surface area contributed by atoms with Crippen LogP contribution in [0.2, 0.25) is 0 Å². The maximum absolute atomic E-state index is 2.75. The maximum Gasteiger partial charge on any atom is 0.247 e. The van der Waals surface area contributed by atoms with Crippen molar-refractivity contribution in [1.82, 2.24) is 0 Å². The van der Waals surface area contributed by atoms with Crippen LogP contribution in [0.5, 0.6) is 0 Å². The predicted octanol–water partition coefficient (Wildman–Crippen LogP) is 12.9. The van der Waals surface area contributed by atoms with Crippen LogP contribution in [0.15, 0.2) is 66.4 Å². The van der Waals surface area contributed by atoms with Gasteiger partial charge >= 0.3 is 0 Å². The minimum Gasteiger partial charge on any atom is -0.315 e. The third kappa shape index (κ3) is 6.01. The second-order valence-corrected chi connectivity index (χ2v) is 22.9. The minimum absolute atomic E-state index is 0.0222. The van der Waals surface area contributed by atoms with Crippen LogP contribution >= 0.6 is 0 Å². The van der Waals surface area contributed by atoms with Gasteiger partial charge in [0.05, 0.1) is 0 Å². The highest BCUT2D eigenvalue weighted by Gasteiger charge is 2.47. The summed E-state index contributed by atoms with van der Waals surface area (Å²) in [5.41, 5.74) is 24.1. The average molecular weight is 730 g/mol. The predicted molar refractivity (Wildman–Crippen MR) is 241 cm³/mol. The molecule has 0 radical (unpaired) electrons. The summed E-state index contributed by atoms with van der Waals surface area (Å²) in [5, 5.41) is 0. The van der Waals surface area contributed by atoms with Gasteiger partial charge in [0.2, 0.25) is 6.71 Å². The molecule has 4 aromatic carbocycles. The number of rotatable bonds is 2. The Morgan fingerprint density at radius 3 is 1.67 bits per heavy atom. The van der Waals surface area contributed by atoms with Gasteiger partial charge in [-0.1, -0.05) is 156 Å². The molecule has 0 amide bonds. The Kier molecular flexibility index (Phi) is 8.37. The van der Waals surface area contributed by atoms with Crippen molar-refractivity contribution >= 4 is 34.5 Å². The van der Waals surface area contributed by atoms with Crippen molar-refractivity contribution in [3.05, 3.63) is 122 Å². The molecule has 1 nitrogen and oxygen atoms in total. The molecule has 1 aliphatic heterocycles. The molecule has 288 valence electrons. The highest BCUT2D eigenvalue weighted by atomic mass is 15.2. The van der Waals surface area contributed by atoms with E-state index in [0.29, 0.717) is 0 Å². The highest BCUT2D eigenvalue weighted by Crippen LogP contribution is 2.53. The molecule has 0 fully saturated rings. The third-order valence-corrected chi connectivity index (χ3v) is 14.9. The molecule has 1 heterocycles. The molecule has 0 atom stereocenters. The first kappa shape index (κ1) is 38.4. The summed E-state index contributed by atoms with van der Waals surface area (Å²) >= 11 is 0. The normalized spacial score (nSPS) is 20.4. The molecule has 0 bridgehead atoms. The molecule has 0 N–H and O–H groups in total. The lowest BCUT2D eigenvalue weighted by atomic mass is 9.32. The summed E-state index contributed by atoms with van der Waals surface area (Å²) in [6, 6.07) is 25.4. The molecule has 4 aliphatic rings. The van der Waals surface area contributed by atoms with E-state index in [1.807, 2.05) is 0 Å². The van der Waals surface area contributed by atoms with E-state index < -0.39 is 0 Å². The van der Waals surface area contributed by atoms with Gasteiger partial charge in [0.25, 0.3) is 0 Å². The van der Waals surface area contributed by atoms with Crippen molar-refractivity contribution in [2.75, 3.05) is 4.90 Å². The van der Waals surface area contributed by atoms with E-state index in [0.717, 1.165) is 6.42 Å². The lowest BCUT2D eigenvalue weighted by Gasteiger charge is -2.44. The van der Waals surface area contributed by atoms with Crippen LogP contribution in [0, 0.1) is 13.8 Å². The van der Waals surface area contributed by atoms with Crippen LogP contribution in [0.1, 0.15) is 178 Å². The SMILES string of the molecule is Cc1ccc(C(C)(C)C)cc1B1C2=C(Cc3cc4c(cc32)C(C)(C)CCC4(C)C)N(c2ccc3c(c2)C(C)(C)CCC3(C)C)c2cc(C(C)(C)C)cc(C)c21. The fourth-order valence-corrected chi connectivity index (χ4v) is 10.8. The highest BCUT2D eigenvalue weighted by molar-refractivity contribution is 7.01. The summed E-state index contributed by atoms with van der Waals surface area (Å²) < 4.78 is 0. The zero-order chi connectivity index (χ0) is 40.0. The van der Waals surface area contributed by atoms with Crippen LogP contribution in [-0.4, -0.2) is 6.71 Å². The fraction of sp³-hybridized carbons (Fsp3) is 0.509. The number of fused-ring (bicyclic) bond motifs is 5. The van der Waals surface area contributed by atoms with Crippen molar-refractivity contribution in [2.45, 2.75) is 175 Å². The Balaban J connectivity index is 1.49. The number of anilines is 2. The van der Waals surface area contributed by atoms with Crippen molar-refractivity contribution in [3.63, 3.8) is 0 Å². The van der Waals surface area contributed by atoms with Crippen LogP contribution in [0.4, 0.5) is 11.4 Å². The molecular weight excluding hydrogens is 661 g/mol. The monoisotopic (exact) mass is 730 g/mol. The smallest absolute Gasteiger partial charge is 0.247 e. The lowest BCUT2D eigenvalue weighted by molar-refractivity contribution is 0.331. The molecule has 0 unspecified atom stereocenters. The van der Waals surface area contributed by atoms with Crippen molar-refractivity contribution in [1.29, 1.82) is 0 Å². The van der Waals surface area contributed by atoms with E-state index in [2.05, 4.69) is 176 Å². The topological polar surface area (TPSA) is 3.24 Å². The first-order valence-corrected chi connectivity index (χ1v) is 21.4. The van der Waals surface area contributed by atoms with Crippen LogP contribution in [-0.2, 0) is 38.9 Å². The second-order valence-electron chi connectivity index (χ2n) is 22.9. The molecule has 0 saturated carbocycles. The van der Waals surface area contributed by atoms with Gasteiger partial charge in [-0.25, -0.2) is 0 Å². The Morgan fingerprint density at radius 2 is 1.09 bits per heavy atom. The second kappa shape index (κ2) is 12.0. The first-order chi connectivity index (χ1) is 25.3. The van der Waals surface area contributed by atoms with Crippen molar-refractivity contribution in [2.24, 2.45) is 0 Å². The Labute approximate surface area is 335 Å². The van der Waals surface area contributed by atoms with Crippen LogP contribution in [0.3, 0.4) is 0 Å². The van der Waals surface area contributed by atoms with Crippen LogP contribution in [0.25, 0.3) is 5.47 Å². The van der Waals surface area contributed by atoms with Gasteiger partial charge in [-0.3, -0.25) is 0 Å². The van der Waals surface area contributed by atoms with Crippen molar-refractivity contribution in [3.8, 4) is 0 Å². The largest absolute Gasteiger partial charge is 0.315 e. The van der Waals surface area contributed by atoms with Crippen molar-refractivity contribution < 1.29 is 0 Å². The molecular formula is C53H68BN. The van der Waals surface area contributed by atoms with Gasteiger partial charge in [0.15, 0.2) is 0 Å². The Bertz CT molecular complexity index is 2290. The van der Waals surface area contributed by atoms with Gasteiger partial charge in [0, 0.05) is 23.5 Å². The van der Waals surface area contributed by atoms with E-state index in [9.17, 15) is 0 Å². The molecule has 0 aromatic heterocycles. The zero-order valence-corrected chi connectivity index (χ0v) is 37.3. The number of benzene rings is 4. The fourth-order valence-electron chi connectivity index (χ4n) is 10.8. The van der Waals surface area contributed by atoms with Gasteiger partial charge in [0.1, 0.15) is 0 Å². The third-order valence-electron chi connectivity index (χ3n) is 14.9. The summed E-state index contributed by atoms with van der Waals surface area (Å²) in [6.45, 7) is 38.9. The number of nitrogens with zero attached hydrogens (tertiary/aromatic N) is 1. The molecule has 4 aromatic rings. The summed E-state index contributed by atoms with van der Waals surface area (Å²) in [4.78, 5) is 2.75. The first-order valence-electron chi connectivity index (χ1n) is 21.4. The van der Waals surface area contributed by atoms with E-state index in [4.69, 9.17) is 0 Å². The van der Waals surface area contributed by atoms with Gasteiger partial charge in [-0.15, -0.1) is 0 Å². The molecule has 8 rings (SSSR count). The van der Waals surface area contributed by atoms with Gasteiger partial charge in [-0.2, -0.15) is 0 Å². The zero-order valence-electron chi connectivity index (χ0n) is 37.3. The van der Waals surface area contributed by atoms with Gasteiger partial charge in [-0.05, 0) is 146 Å². The maximum atomic E-state index is 2.75. The molecule has 55 heavy (non-hydrogen) atoms. The van der Waals surface area contributed by atoms with E-state index in [1.165, 1.54) is 104 Å². The van der Waals surface area contributed by atoms with Gasteiger partial charge < -0.3 is 4.90 Å². The lowest BCUT2D eigenvalue weighted by Crippen LogP contribution is -2.52. The Hall–Kier alpha value is -3.52.